The molecule has 1 nitrogen and oxygen atoms in total. The number of aliphatic hydroxyl groups excluding tert-OH is 1. The van der Waals surface area contributed by atoms with Crippen molar-refractivity contribution in [1.29, 1.82) is 0 Å². The Bertz CT molecular complexity index is 551. The molecular weight excluding hydrogens is 317 g/mol. The van der Waals surface area contributed by atoms with Gasteiger partial charge >= 0.3 is 5.51 Å². The molecular formula is C12H8ClF3OS2. The molecule has 0 aliphatic heterocycles. The lowest BCUT2D eigenvalue weighted by molar-refractivity contribution is -0.0328. The molecule has 102 valence electrons. The molecule has 1 aromatic heterocycles. The summed E-state index contributed by atoms with van der Waals surface area (Å²) in [6.07, 6.45) is -0.873. The third kappa shape index (κ3) is 4.14. The molecule has 0 spiro atoms. The van der Waals surface area contributed by atoms with E-state index in [4.69, 9.17) is 11.6 Å². The second kappa shape index (κ2) is 5.75. The molecule has 1 N–H and O–H groups in total. The first-order valence-corrected chi connectivity index (χ1v) is 7.15. The van der Waals surface area contributed by atoms with Crippen LogP contribution >= 0.6 is 34.7 Å². The van der Waals surface area contributed by atoms with Crippen molar-refractivity contribution in [3.8, 4) is 0 Å². The number of aliphatic hydroxyl groups is 1. The SMILES string of the molecule is OC(c1ccc(SC(F)(F)F)cc1)c1ccc(Cl)s1. The van der Waals surface area contributed by atoms with Crippen molar-refractivity contribution < 1.29 is 18.3 Å². The zero-order chi connectivity index (χ0) is 14.0. The highest BCUT2D eigenvalue weighted by Crippen LogP contribution is 2.37. The van der Waals surface area contributed by atoms with E-state index in [2.05, 4.69) is 0 Å². The fourth-order valence-corrected chi connectivity index (χ4v) is 3.11. The van der Waals surface area contributed by atoms with Crippen LogP contribution in [0.3, 0.4) is 0 Å². The van der Waals surface area contributed by atoms with Gasteiger partial charge in [0.15, 0.2) is 0 Å². The van der Waals surface area contributed by atoms with Crippen molar-refractivity contribution in [2.45, 2.75) is 16.5 Å². The maximum absolute atomic E-state index is 12.2. The van der Waals surface area contributed by atoms with Crippen molar-refractivity contribution in [3.63, 3.8) is 0 Å². The van der Waals surface area contributed by atoms with Gasteiger partial charge in [-0.05, 0) is 41.6 Å². The van der Waals surface area contributed by atoms with Gasteiger partial charge in [-0.1, -0.05) is 23.7 Å². The Balaban J connectivity index is 2.14. The minimum atomic E-state index is -4.30. The predicted octanol–water partition coefficient (Wildman–Crippen LogP) is 5.10. The van der Waals surface area contributed by atoms with Crippen LogP contribution in [0.5, 0.6) is 0 Å². The lowest BCUT2D eigenvalue weighted by atomic mass is 10.1. The standard InChI is InChI=1S/C12H8ClF3OS2/c13-10-6-5-9(18-10)11(17)7-1-3-8(4-2-7)19-12(14,15)16/h1-6,11,17H. The molecule has 0 radical (unpaired) electrons. The van der Waals surface area contributed by atoms with Gasteiger partial charge in [0.25, 0.3) is 0 Å². The maximum atomic E-state index is 12.2. The van der Waals surface area contributed by atoms with Gasteiger partial charge in [-0.15, -0.1) is 11.3 Å². The zero-order valence-electron chi connectivity index (χ0n) is 9.32. The summed E-state index contributed by atoms with van der Waals surface area (Å²) < 4.78 is 37.1. The number of thioether (sulfide) groups is 1. The Labute approximate surface area is 121 Å². The Hall–Kier alpha value is -0.690. The first-order chi connectivity index (χ1) is 8.85. The Morgan fingerprint density at radius 1 is 1.11 bits per heavy atom. The van der Waals surface area contributed by atoms with E-state index in [1.165, 1.54) is 35.6 Å². The second-order valence-electron chi connectivity index (χ2n) is 3.66. The first-order valence-electron chi connectivity index (χ1n) is 5.14. The second-order valence-corrected chi connectivity index (χ2v) is 6.55. The van der Waals surface area contributed by atoms with E-state index >= 15 is 0 Å². The molecule has 1 atom stereocenters. The molecule has 1 aromatic carbocycles. The Morgan fingerprint density at radius 3 is 2.21 bits per heavy atom. The molecule has 0 aliphatic carbocycles. The van der Waals surface area contributed by atoms with Crippen LogP contribution in [0.1, 0.15) is 16.5 Å². The minimum Gasteiger partial charge on any atom is -0.383 e. The van der Waals surface area contributed by atoms with Gasteiger partial charge in [0.05, 0.1) is 4.34 Å². The molecule has 0 saturated heterocycles. The van der Waals surface area contributed by atoms with Crippen LogP contribution in [-0.4, -0.2) is 10.6 Å². The van der Waals surface area contributed by atoms with Crippen LogP contribution in [0.25, 0.3) is 0 Å². The molecule has 0 bridgehead atoms. The van der Waals surface area contributed by atoms with Gasteiger partial charge in [-0.25, -0.2) is 0 Å². The number of thiophene rings is 1. The summed E-state index contributed by atoms with van der Waals surface area (Å²) in [6.45, 7) is 0. The highest BCUT2D eigenvalue weighted by molar-refractivity contribution is 8.00. The lowest BCUT2D eigenvalue weighted by Gasteiger charge is -2.10. The van der Waals surface area contributed by atoms with Crippen LogP contribution in [0.4, 0.5) is 13.2 Å². The number of hydrogen-bond donors (Lipinski definition) is 1. The number of alkyl halides is 3. The molecule has 7 heteroatoms. The molecule has 1 unspecified atom stereocenters. The molecule has 19 heavy (non-hydrogen) atoms. The molecule has 0 aliphatic rings. The number of rotatable bonds is 3. The van der Waals surface area contributed by atoms with Gasteiger partial charge in [-0.2, -0.15) is 13.2 Å². The topological polar surface area (TPSA) is 20.2 Å². The van der Waals surface area contributed by atoms with Gasteiger partial charge < -0.3 is 5.11 Å². The van der Waals surface area contributed by atoms with E-state index in [-0.39, 0.29) is 16.7 Å². The summed E-state index contributed by atoms with van der Waals surface area (Å²) in [4.78, 5) is 0.744. The average molecular weight is 325 g/mol. The summed E-state index contributed by atoms with van der Waals surface area (Å²) in [7, 11) is 0. The Kier molecular flexibility index (Phi) is 4.45. The van der Waals surface area contributed by atoms with Gasteiger partial charge in [0, 0.05) is 9.77 Å². The molecule has 0 amide bonds. The van der Waals surface area contributed by atoms with Crippen LogP contribution in [-0.2, 0) is 0 Å². The van der Waals surface area contributed by atoms with E-state index in [0.717, 1.165) is 0 Å². The van der Waals surface area contributed by atoms with E-state index in [1.807, 2.05) is 0 Å². The average Bonchev–Trinajstić information content (AvgIpc) is 2.74. The normalized spacial score (nSPS) is 13.5. The number of hydrogen-bond acceptors (Lipinski definition) is 3. The third-order valence-electron chi connectivity index (χ3n) is 2.29. The van der Waals surface area contributed by atoms with Crippen LogP contribution in [0.15, 0.2) is 41.3 Å². The zero-order valence-corrected chi connectivity index (χ0v) is 11.7. The van der Waals surface area contributed by atoms with E-state index in [1.54, 1.807) is 12.1 Å². The number of halogens is 4. The van der Waals surface area contributed by atoms with E-state index in [0.29, 0.717) is 14.8 Å². The van der Waals surface area contributed by atoms with Crippen molar-refractivity contribution in [2.75, 3.05) is 0 Å². The van der Waals surface area contributed by atoms with E-state index < -0.39 is 11.6 Å². The first kappa shape index (κ1) is 14.7. The monoisotopic (exact) mass is 324 g/mol. The highest BCUT2D eigenvalue weighted by atomic mass is 35.5. The van der Waals surface area contributed by atoms with Crippen molar-refractivity contribution in [1.82, 2.24) is 0 Å². The van der Waals surface area contributed by atoms with E-state index in [9.17, 15) is 18.3 Å². The number of benzene rings is 1. The summed E-state index contributed by atoms with van der Waals surface area (Å²) in [5.74, 6) is 0. The lowest BCUT2D eigenvalue weighted by Crippen LogP contribution is -2.00. The Morgan fingerprint density at radius 2 is 1.74 bits per heavy atom. The molecule has 0 saturated carbocycles. The quantitative estimate of drug-likeness (QED) is 0.793. The molecule has 2 aromatic rings. The predicted molar refractivity (Wildman–Crippen MR) is 71.7 cm³/mol. The molecule has 2 rings (SSSR count). The largest absolute Gasteiger partial charge is 0.446 e. The van der Waals surface area contributed by atoms with Gasteiger partial charge in [0.1, 0.15) is 6.10 Å². The summed E-state index contributed by atoms with van der Waals surface area (Å²) in [5, 5.41) is 10.1. The maximum Gasteiger partial charge on any atom is 0.446 e. The summed E-state index contributed by atoms with van der Waals surface area (Å²) >= 11 is 6.82. The fraction of sp³-hybridized carbons (Fsp3) is 0.167. The van der Waals surface area contributed by atoms with Crippen molar-refractivity contribution in [2.24, 2.45) is 0 Å². The van der Waals surface area contributed by atoms with Crippen LogP contribution in [0, 0.1) is 0 Å². The summed E-state index contributed by atoms with van der Waals surface area (Å²) in [6, 6.07) is 8.99. The molecule has 1 heterocycles. The van der Waals surface area contributed by atoms with Gasteiger partial charge in [-0.3, -0.25) is 0 Å². The third-order valence-corrected chi connectivity index (χ3v) is 4.32. The smallest absolute Gasteiger partial charge is 0.383 e. The van der Waals surface area contributed by atoms with Crippen molar-refractivity contribution >= 4 is 34.7 Å². The highest BCUT2D eigenvalue weighted by Gasteiger charge is 2.29. The van der Waals surface area contributed by atoms with Crippen LogP contribution in [0.2, 0.25) is 4.34 Å². The van der Waals surface area contributed by atoms with Gasteiger partial charge in [0.2, 0.25) is 0 Å². The van der Waals surface area contributed by atoms with Crippen molar-refractivity contribution in [3.05, 3.63) is 51.2 Å². The van der Waals surface area contributed by atoms with Crippen LogP contribution < -0.4 is 0 Å². The molecule has 0 fully saturated rings. The fourth-order valence-electron chi connectivity index (χ4n) is 1.49. The minimum absolute atomic E-state index is 0.0904. The summed E-state index contributed by atoms with van der Waals surface area (Å²) in [5.41, 5.74) is -3.77.